The number of nitrogens with zero attached hydrogens (tertiary/aromatic N) is 2. The molecule has 1 aromatic rings. The third-order valence-corrected chi connectivity index (χ3v) is 6.71. The second kappa shape index (κ2) is 7.30. The van der Waals surface area contributed by atoms with Gasteiger partial charge in [0.25, 0.3) is 0 Å². The first-order valence-electron chi connectivity index (χ1n) is 8.64. The van der Waals surface area contributed by atoms with E-state index in [1.807, 2.05) is 0 Å². The average molecular weight is 378 g/mol. The number of Topliss-reactive ketones (excluding diaryl/α,β-unsaturated/α-hetero) is 2. The van der Waals surface area contributed by atoms with Crippen molar-refractivity contribution in [3.63, 3.8) is 0 Å². The summed E-state index contributed by atoms with van der Waals surface area (Å²) < 4.78 is 27.0. The standard InChI is InChI=1S/C18H22N2O5S/c1-19(11-12-21)26(24,25)18-15(20-9-5-2-6-10-20)16(22)13-7-3-4-8-14(13)17(18)23/h3-4,7-8,21H,2,5-6,9-12H2,1H3. The number of likely N-dealkylation sites (tertiary alicyclic amines) is 1. The molecule has 0 spiro atoms. The maximum atomic E-state index is 13.1. The Hall–Kier alpha value is -2.03. The van der Waals surface area contributed by atoms with Gasteiger partial charge in [0.2, 0.25) is 21.6 Å². The number of allylic oxidation sites excluding steroid dienone is 2. The molecule has 140 valence electrons. The minimum Gasteiger partial charge on any atom is -0.395 e. The molecule has 0 unspecified atom stereocenters. The van der Waals surface area contributed by atoms with E-state index in [2.05, 4.69) is 0 Å². The third-order valence-electron chi connectivity index (χ3n) is 4.81. The minimum atomic E-state index is -4.21. The quantitative estimate of drug-likeness (QED) is 0.822. The Morgan fingerprint density at radius 2 is 1.62 bits per heavy atom. The highest BCUT2D eigenvalue weighted by Gasteiger charge is 2.42. The van der Waals surface area contributed by atoms with Crippen LogP contribution in [0.15, 0.2) is 34.9 Å². The first kappa shape index (κ1) is 18.8. The molecule has 3 rings (SSSR count). The molecule has 1 heterocycles. The molecule has 0 atom stereocenters. The zero-order valence-electron chi connectivity index (χ0n) is 14.6. The number of aliphatic hydroxyl groups is 1. The monoisotopic (exact) mass is 378 g/mol. The molecular formula is C18H22N2O5S. The highest BCUT2D eigenvalue weighted by molar-refractivity contribution is 7.94. The van der Waals surface area contributed by atoms with Crippen LogP contribution in [-0.4, -0.2) is 67.6 Å². The van der Waals surface area contributed by atoms with E-state index in [0.717, 1.165) is 23.6 Å². The number of likely N-dealkylation sites (N-methyl/N-ethyl adjacent to an activating group) is 1. The van der Waals surface area contributed by atoms with Crippen LogP contribution in [0.25, 0.3) is 0 Å². The number of ketones is 2. The van der Waals surface area contributed by atoms with Gasteiger partial charge in [-0.15, -0.1) is 0 Å². The maximum Gasteiger partial charge on any atom is 0.249 e. The number of carbonyl (C=O) groups is 2. The van der Waals surface area contributed by atoms with Crippen molar-refractivity contribution in [1.82, 2.24) is 9.21 Å². The van der Waals surface area contributed by atoms with Crippen molar-refractivity contribution in [2.24, 2.45) is 0 Å². The third kappa shape index (κ3) is 3.08. The van der Waals surface area contributed by atoms with Gasteiger partial charge in [0.1, 0.15) is 5.70 Å². The smallest absolute Gasteiger partial charge is 0.249 e. The highest BCUT2D eigenvalue weighted by atomic mass is 32.2. The van der Waals surface area contributed by atoms with Crippen molar-refractivity contribution in [1.29, 1.82) is 0 Å². The largest absolute Gasteiger partial charge is 0.395 e. The molecule has 0 radical (unpaired) electrons. The fraction of sp³-hybridized carbons (Fsp3) is 0.444. The number of piperidine rings is 1. The molecule has 0 saturated carbocycles. The molecule has 0 amide bonds. The second-order valence-electron chi connectivity index (χ2n) is 6.48. The lowest BCUT2D eigenvalue weighted by atomic mass is 9.91. The summed E-state index contributed by atoms with van der Waals surface area (Å²) in [5, 5.41) is 9.10. The first-order valence-corrected chi connectivity index (χ1v) is 10.1. The Kier molecular flexibility index (Phi) is 5.27. The molecule has 7 nitrogen and oxygen atoms in total. The van der Waals surface area contributed by atoms with Crippen LogP contribution in [0.3, 0.4) is 0 Å². The van der Waals surface area contributed by atoms with Gasteiger partial charge in [-0.05, 0) is 19.3 Å². The zero-order valence-corrected chi connectivity index (χ0v) is 15.5. The summed E-state index contributed by atoms with van der Waals surface area (Å²) in [6, 6.07) is 6.30. The molecular weight excluding hydrogens is 356 g/mol. The Bertz CT molecular complexity index is 869. The lowest BCUT2D eigenvalue weighted by Crippen LogP contribution is -2.42. The fourth-order valence-electron chi connectivity index (χ4n) is 3.40. The molecule has 8 heteroatoms. The Morgan fingerprint density at radius 1 is 1.04 bits per heavy atom. The van der Waals surface area contributed by atoms with Crippen LogP contribution in [0.5, 0.6) is 0 Å². The summed E-state index contributed by atoms with van der Waals surface area (Å²) in [5.74, 6) is -1.09. The summed E-state index contributed by atoms with van der Waals surface area (Å²) in [5.41, 5.74) is 0.314. The number of carbonyl (C=O) groups excluding carboxylic acids is 2. The normalized spacial score (nSPS) is 18.5. The number of hydrogen-bond donors (Lipinski definition) is 1. The minimum absolute atomic E-state index is 0.0295. The number of fused-ring (bicyclic) bond motifs is 1. The van der Waals surface area contributed by atoms with Crippen molar-refractivity contribution in [2.75, 3.05) is 33.3 Å². The highest BCUT2D eigenvalue weighted by Crippen LogP contribution is 2.33. The van der Waals surface area contributed by atoms with Crippen molar-refractivity contribution in [3.8, 4) is 0 Å². The van der Waals surface area contributed by atoms with Crippen LogP contribution >= 0.6 is 0 Å². The van der Waals surface area contributed by atoms with Gasteiger partial charge in [-0.3, -0.25) is 9.59 Å². The van der Waals surface area contributed by atoms with Gasteiger partial charge in [-0.2, -0.15) is 4.31 Å². The van der Waals surface area contributed by atoms with E-state index >= 15 is 0 Å². The molecule has 26 heavy (non-hydrogen) atoms. The van der Waals surface area contributed by atoms with Crippen LogP contribution in [0.2, 0.25) is 0 Å². The summed E-state index contributed by atoms with van der Waals surface area (Å²) >= 11 is 0. The van der Waals surface area contributed by atoms with Crippen LogP contribution in [0.4, 0.5) is 0 Å². The van der Waals surface area contributed by atoms with Gasteiger partial charge < -0.3 is 10.0 Å². The molecule has 1 saturated heterocycles. The Labute approximate surface area is 153 Å². The summed E-state index contributed by atoms with van der Waals surface area (Å²) in [4.78, 5) is 27.4. The van der Waals surface area contributed by atoms with Crippen molar-refractivity contribution in [2.45, 2.75) is 19.3 Å². The number of benzene rings is 1. The van der Waals surface area contributed by atoms with Gasteiger partial charge in [-0.25, -0.2) is 8.42 Å². The van der Waals surface area contributed by atoms with Gasteiger partial charge in [0.05, 0.1) is 6.61 Å². The molecule has 0 aromatic heterocycles. The van der Waals surface area contributed by atoms with E-state index in [9.17, 15) is 18.0 Å². The van der Waals surface area contributed by atoms with Gasteiger partial charge in [0, 0.05) is 37.8 Å². The van der Waals surface area contributed by atoms with E-state index in [4.69, 9.17) is 5.11 Å². The van der Waals surface area contributed by atoms with Gasteiger partial charge in [-0.1, -0.05) is 24.3 Å². The van der Waals surface area contributed by atoms with Crippen molar-refractivity contribution >= 4 is 21.6 Å². The number of sulfonamides is 1. The fourth-order valence-corrected chi connectivity index (χ4v) is 4.84. The number of hydrogen-bond acceptors (Lipinski definition) is 6. The first-order chi connectivity index (χ1) is 12.4. The van der Waals surface area contributed by atoms with E-state index in [-0.39, 0.29) is 30.0 Å². The van der Waals surface area contributed by atoms with Crippen molar-refractivity contribution in [3.05, 3.63) is 46.0 Å². The Morgan fingerprint density at radius 3 is 2.19 bits per heavy atom. The topological polar surface area (TPSA) is 95.0 Å². The number of rotatable bonds is 5. The lowest BCUT2D eigenvalue weighted by molar-refractivity contribution is 0.0939. The number of aliphatic hydroxyl groups excluding tert-OH is 1. The summed E-state index contributed by atoms with van der Waals surface area (Å²) in [6.07, 6.45) is 2.69. The van der Waals surface area contributed by atoms with Gasteiger partial charge >= 0.3 is 0 Å². The van der Waals surface area contributed by atoms with Crippen LogP contribution in [0.1, 0.15) is 40.0 Å². The van der Waals surface area contributed by atoms with Gasteiger partial charge in [0.15, 0.2) is 4.91 Å². The van der Waals surface area contributed by atoms with Crippen LogP contribution in [0, 0.1) is 0 Å². The SMILES string of the molecule is CN(CCO)S(=O)(=O)C1=C(N2CCCCC2)C(=O)c2ccccc2C1=O. The molecule has 0 bridgehead atoms. The average Bonchev–Trinajstić information content (AvgIpc) is 2.65. The molecule has 1 aliphatic carbocycles. The zero-order chi connectivity index (χ0) is 18.9. The lowest BCUT2D eigenvalue weighted by Gasteiger charge is -2.34. The molecule has 1 aromatic carbocycles. The van der Waals surface area contributed by atoms with Crippen LogP contribution in [-0.2, 0) is 10.0 Å². The van der Waals surface area contributed by atoms with Crippen molar-refractivity contribution < 1.29 is 23.1 Å². The van der Waals surface area contributed by atoms with E-state index < -0.39 is 26.5 Å². The maximum absolute atomic E-state index is 13.1. The van der Waals surface area contributed by atoms with E-state index in [0.29, 0.717) is 13.1 Å². The Balaban J connectivity index is 2.22. The second-order valence-corrected chi connectivity index (χ2v) is 8.46. The van der Waals surface area contributed by atoms with E-state index in [1.54, 1.807) is 23.1 Å². The van der Waals surface area contributed by atoms with Crippen LogP contribution < -0.4 is 0 Å². The molecule has 1 fully saturated rings. The predicted molar refractivity (Wildman–Crippen MR) is 96.2 cm³/mol. The summed E-state index contributed by atoms with van der Waals surface area (Å²) in [7, 11) is -2.91. The molecule has 2 aliphatic rings. The molecule has 1 N–H and O–H groups in total. The molecule has 1 aliphatic heterocycles. The summed E-state index contributed by atoms with van der Waals surface area (Å²) in [6.45, 7) is 0.557. The van der Waals surface area contributed by atoms with E-state index in [1.165, 1.54) is 13.1 Å². The predicted octanol–water partition coefficient (Wildman–Crippen LogP) is 1.02.